The van der Waals surface area contributed by atoms with Crippen molar-refractivity contribution >= 4 is 46.2 Å². The quantitative estimate of drug-likeness (QED) is 0.361. The van der Waals surface area contributed by atoms with E-state index >= 15 is 0 Å². The Balaban J connectivity index is 2.23. The van der Waals surface area contributed by atoms with Crippen LogP contribution in [0.1, 0.15) is 18.5 Å². The Bertz CT molecular complexity index is 584. The number of nitrogens with one attached hydrogen (secondary N) is 1. The average molecular weight is 316 g/mol. The first-order chi connectivity index (χ1) is 9.61. The lowest BCUT2D eigenvalue weighted by Crippen LogP contribution is -2.17. The number of allylic oxidation sites excluding steroid dienone is 1. The maximum atomic E-state index is 11.2. The Kier molecular flexibility index (Phi) is 4.70. The minimum atomic E-state index is -1.31. The van der Waals surface area contributed by atoms with Crippen LogP contribution in [0.3, 0.4) is 0 Å². The molecule has 20 heavy (non-hydrogen) atoms. The van der Waals surface area contributed by atoms with Crippen molar-refractivity contribution in [1.29, 1.82) is 0 Å². The van der Waals surface area contributed by atoms with Gasteiger partial charge in [0.25, 0.3) is 0 Å². The maximum absolute atomic E-state index is 11.2. The second-order valence-electron chi connectivity index (χ2n) is 3.80. The van der Waals surface area contributed by atoms with E-state index in [0.717, 1.165) is 24.2 Å². The number of anilines is 1. The van der Waals surface area contributed by atoms with Gasteiger partial charge in [0.05, 0.1) is 0 Å². The van der Waals surface area contributed by atoms with Crippen LogP contribution in [0.4, 0.5) is 5.13 Å². The summed E-state index contributed by atoms with van der Waals surface area (Å²) < 4.78 is 0.112. The van der Waals surface area contributed by atoms with Crippen LogP contribution in [0.25, 0.3) is 0 Å². The molecule has 1 heterocycles. The molecule has 0 saturated heterocycles. The van der Waals surface area contributed by atoms with E-state index < -0.39 is 11.7 Å². The molecule has 1 aliphatic rings. The summed E-state index contributed by atoms with van der Waals surface area (Å²) >= 11 is 6.84. The third kappa shape index (κ3) is 3.34. The van der Waals surface area contributed by atoms with Gasteiger partial charge in [0, 0.05) is 0 Å². The topological polar surface area (TPSA) is 101 Å². The van der Waals surface area contributed by atoms with E-state index in [9.17, 15) is 9.59 Å². The normalized spacial score (nSPS) is 18.1. The third-order valence-corrected chi connectivity index (χ3v) is 3.63. The minimum absolute atomic E-state index is 0.0320. The van der Waals surface area contributed by atoms with E-state index in [0.29, 0.717) is 6.41 Å². The van der Waals surface area contributed by atoms with Crippen molar-refractivity contribution in [1.82, 2.24) is 4.98 Å². The fourth-order valence-electron chi connectivity index (χ4n) is 1.56. The highest BCUT2D eigenvalue weighted by Crippen LogP contribution is 2.28. The molecule has 1 aromatic heterocycles. The van der Waals surface area contributed by atoms with Gasteiger partial charge in [-0.25, -0.2) is 9.78 Å². The van der Waals surface area contributed by atoms with E-state index in [4.69, 9.17) is 21.5 Å². The third-order valence-electron chi connectivity index (χ3n) is 2.44. The molecule has 1 unspecified atom stereocenters. The lowest BCUT2D eigenvalue weighted by molar-refractivity contribution is -0.129. The van der Waals surface area contributed by atoms with Crippen LogP contribution >= 0.6 is 22.9 Å². The van der Waals surface area contributed by atoms with E-state index in [-0.39, 0.29) is 21.3 Å². The molecule has 0 fully saturated rings. The molecule has 0 aromatic carbocycles. The number of oxime groups is 1. The molecule has 9 heteroatoms. The highest BCUT2D eigenvalue weighted by Gasteiger charge is 2.23. The molecule has 2 N–H and O–H groups in total. The highest BCUT2D eigenvalue weighted by atomic mass is 35.5. The number of thiazole rings is 1. The van der Waals surface area contributed by atoms with Crippen molar-refractivity contribution in [3.8, 4) is 0 Å². The number of carboxylic acids is 1. The number of rotatable bonds is 6. The summed E-state index contributed by atoms with van der Waals surface area (Å²) in [5.74, 6) is -1.31. The number of carbonyl (C=O) groups is 2. The van der Waals surface area contributed by atoms with Gasteiger partial charge in [0.2, 0.25) is 12.1 Å². The monoisotopic (exact) mass is 315 g/mol. The van der Waals surface area contributed by atoms with Gasteiger partial charge in [-0.2, -0.15) is 0 Å². The van der Waals surface area contributed by atoms with Gasteiger partial charge in [-0.3, -0.25) is 4.79 Å². The van der Waals surface area contributed by atoms with Crippen LogP contribution in [0.15, 0.2) is 17.3 Å². The fraction of sp³-hybridized carbons (Fsp3) is 0.273. The molecule has 7 nitrogen and oxygen atoms in total. The molecule has 0 saturated carbocycles. The van der Waals surface area contributed by atoms with Gasteiger partial charge < -0.3 is 15.3 Å². The predicted octanol–water partition coefficient (Wildman–Crippen LogP) is 1.89. The first-order valence-electron chi connectivity index (χ1n) is 5.62. The van der Waals surface area contributed by atoms with Crippen LogP contribution < -0.4 is 5.32 Å². The van der Waals surface area contributed by atoms with Crippen molar-refractivity contribution in [2.75, 3.05) is 5.32 Å². The molecule has 0 bridgehead atoms. The van der Waals surface area contributed by atoms with Crippen molar-refractivity contribution < 1.29 is 19.5 Å². The molecule has 1 amide bonds. The highest BCUT2D eigenvalue weighted by molar-refractivity contribution is 7.20. The lowest BCUT2D eigenvalue weighted by Gasteiger charge is -2.05. The van der Waals surface area contributed by atoms with Crippen LogP contribution in [0.2, 0.25) is 4.34 Å². The van der Waals surface area contributed by atoms with Crippen molar-refractivity contribution in [2.24, 2.45) is 5.16 Å². The molecule has 0 radical (unpaired) electrons. The molecule has 1 aromatic rings. The summed E-state index contributed by atoms with van der Waals surface area (Å²) in [4.78, 5) is 30.6. The van der Waals surface area contributed by atoms with Crippen LogP contribution in [0.5, 0.6) is 0 Å². The summed E-state index contributed by atoms with van der Waals surface area (Å²) in [6.07, 6.45) is 5.55. The summed E-state index contributed by atoms with van der Waals surface area (Å²) in [5.41, 5.74) is -0.430. The first-order valence-corrected chi connectivity index (χ1v) is 6.82. The second-order valence-corrected chi connectivity index (χ2v) is 5.40. The summed E-state index contributed by atoms with van der Waals surface area (Å²) in [7, 11) is 0. The molecule has 106 valence electrons. The SMILES string of the molecule is O=CNc1nc(/C(=N\OC2C=CCC2)C(=O)O)c(Cl)s1. The van der Waals surface area contributed by atoms with Crippen LogP contribution in [0, 0.1) is 0 Å². The summed E-state index contributed by atoms with van der Waals surface area (Å²) in [5, 5.41) is 15.3. The van der Waals surface area contributed by atoms with Gasteiger partial charge in [0.1, 0.15) is 16.1 Å². The van der Waals surface area contributed by atoms with Crippen LogP contribution in [-0.2, 0) is 14.4 Å². The Morgan fingerprint density at radius 2 is 2.50 bits per heavy atom. The molecule has 0 spiro atoms. The minimum Gasteiger partial charge on any atom is -0.476 e. The second kappa shape index (κ2) is 6.49. The number of aromatic nitrogens is 1. The average Bonchev–Trinajstić information content (AvgIpc) is 3.01. The Morgan fingerprint density at radius 3 is 3.10 bits per heavy atom. The summed E-state index contributed by atoms with van der Waals surface area (Å²) in [6.45, 7) is 0. The van der Waals surface area contributed by atoms with Gasteiger partial charge >= 0.3 is 5.97 Å². The molecular weight excluding hydrogens is 306 g/mol. The number of aliphatic carboxylic acids is 1. The predicted molar refractivity (Wildman–Crippen MR) is 74.2 cm³/mol. The number of carbonyl (C=O) groups excluding carboxylic acids is 1. The number of hydrogen-bond donors (Lipinski definition) is 2. The number of hydrogen-bond acceptors (Lipinski definition) is 6. The Hall–Kier alpha value is -1.93. The zero-order valence-corrected chi connectivity index (χ0v) is 11.6. The zero-order chi connectivity index (χ0) is 14.5. The number of carboxylic acid groups (broad SMARTS) is 1. The zero-order valence-electron chi connectivity index (χ0n) is 10.1. The van der Waals surface area contributed by atoms with E-state index in [1.54, 1.807) is 0 Å². The fourth-order valence-corrected chi connectivity index (χ4v) is 2.56. The standard InChI is InChI=1S/C11H10ClN3O4S/c12-9-7(14-11(20-9)13-5-16)8(10(17)18)15-19-6-3-1-2-4-6/h1,3,5-6H,2,4H2,(H,17,18)(H,13,14,16)/b15-8+. The van der Waals surface area contributed by atoms with Gasteiger partial charge in [-0.1, -0.05) is 34.2 Å². The van der Waals surface area contributed by atoms with Gasteiger partial charge in [-0.05, 0) is 18.9 Å². The molecule has 1 aliphatic carbocycles. The van der Waals surface area contributed by atoms with E-state index in [1.165, 1.54) is 0 Å². The largest absolute Gasteiger partial charge is 0.476 e. The summed E-state index contributed by atoms with van der Waals surface area (Å²) in [6, 6.07) is 0. The molecular formula is C11H10ClN3O4S. The van der Waals surface area contributed by atoms with Gasteiger partial charge in [0.15, 0.2) is 5.13 Å². The van der Waals surface area contributed by atoms with Crippen molar-refractivity contribution in [2.45, 2.75) is 18.9 Å². The molecule has 2 rings (SSSR count). The van der Waals surface area contributed by atoms with Gasteiger partial charge in [-0.15, -0.1) is 0 Å². The molecule has 1 atom stereocenters. The van der Waals surface area contributed by atoms with Crippen molar-refractivity contribution in [3.05, 3.63) is 22.2 Å². The molecule has 0 aliphatic heterocycles. The van der Waals surface area contributed by atoms with Crippen LogP contribution in [-0.4, -0.2) is 34.3 Å². The number of amides is 1. The Morgan fingerprint density at radius 1 is 1.70 bits per heavy atom. The number of halogens is 1. The Labute approximate surface area is 122 Å². The van der Waals surface area contributed by atoms with E-state index in [2.05, 4.69) is 15.5 Å². The smallest absolute Gasteiger partial charge is 0.360 e. The maximum Gasteiger partial charge on any atom is 0.360 e. The van der Waals surface area contributed by atoms with E-state index in [1.807, 2.05) is 12.2 Å². The first kappa shape index (κ1) is 14.5. The van der Waals surface area contributed by atoms with Crippen molar-refractivity contribution in [3.63, 3.8) is 0 Å². The number of nitrogens with zero attached hydrogens (tertiary/aromatic N) is 2. The lowest BCUT2D eigenvalue weighted by atomic mass is 10.3.